The van der Waals surface area contributed by atoms with Gasteiger partial charge in [0.2, 0.25) is 5.91 Å². The smallest absolute Gasteiger partial charge is 0.323 e. The first-order valence-corrected chi connectivity index (χ1v) is 7.65. The predicted molar refractivity (Wildman–Crippen MR) is 79.7 cm³/mol. The minimum atomic E-state index is -0.953. The van der Waals surface area contributed by atoms with E-state index in [1.54, 1.807) is 17.4 Å². The number of carboxylic acids is 1. The van der Waals surface area contributed by atoms with Gasteiger partial charge in [-0.3, -0.25) is 9.59 Å². The van der Waals surface area contributed by atoms with E-state index < -0.39 is 5.97 Å². The second kappa shape index (κ2) is 6.70. The summed E-state index contributed by atoms with van der Waals surface area (Å²) < 4.78 is 0. The van der Waals surface area contributed by atoms with E-state index in [0.29, 0.717) is 0 Å². The van der Waals surface area contributed by atoms with E-state index in [9.17, 15) is 9.59 Å². The Balaban J connectivity index is 2.05. The van der Waals surface area contributed by atoms with E-state index in [2.05, 4.69) is 0 Å². The Morgan fingerprint density at radius 3 is 2.65 bits per heavy atom. The molecule has 1 saturated carbocycles. The zero-order valence-corrected chi connectivity index (χ0v) is 12.4. The fourth-order valence-electron chi connectivity index (χ4n) is 2.54. The molecule has 0 aromatic carbocycles. The van der Waals surface area contributed by atoms with Crippen LogP contribution in [0.3, 0.4) is 0 Å². The van der Waals surface area contributed by atoms with Crippen LogP contribution < -0.4 is 0 Å². The topological polar surface area (TPSA) is 57.6 Å². The third-order valence-corrected chi connectivity index (χ3v) is 4.47. The number of rotatable bonds is 5. The summed E-state index contributed by atoms with van der Waals surface area (Å²) in [5.41, 5.74) is 0. The van der Waals surface area contributed by atoms with Gasteiger partial charge in [-0.05, 0) is 38.0 Å². The molecule has 1 amide bonds. The van der Waals surface area contributed by atoms with Crippen LogP contribution in [0.4, 0.5) is 0 Å². The standard InChI is InChI=1S/C15H19NO3S/c1-11-6-7-13(20-11)8-9-14(17)16(10-15(18)19)12-4-2-3-5-12/h6-9,12H,2-5,10H2,1H3,(H,18,19)/b9-8+. The van der Waals surface area contributed by atoms with Crippen LogP contribution in [0, 0.1) is 6.92 Å². The van der Waals surface area contributed by atoms with Gasteiger partial charge >= 0.3 is 5.97 Å². The number of hydrogen-bond acceptors (Lipinski definition) is 3. The molecule has 0 saturated heterocycles. The summed E-state index contributed by atoms with van der Waals surface area (Å²) in [5.74, 6) is -1.16. The lowest BCUT2D eigenvalue weighted by Crippen LogP contribution is -2.41. The van der Waals surface area contributed by atoms with Crippen molar-refractivity contribution in [3.63, 3.8) is 0 Å². The number of thiophene rings is 1. The molecule has 0 bridgehead atoms. The molecule has 0 aliphatic heterocycles. The lowest BCUT2D eigenvalue weighted by atomic mass is 10.2. The van der Waals surface area contributed by atoms with Crippen LogP contribution in [-0.2, 0) is 9.59 Å². The molecule has 1 fully saturated rings. The highest BCUT2D eigenvalue weighted by molar-refractivity contribution is 7.12. The first-order chi connectivity index (χ1) is 9.56. The Hall–Kier alpha value is -1.62. The second-order valence-corrected chi connectivity index (χ2v) is 6.40. The van der Waals surface area contributed by atoms with Gasteiger partial charge in [-0.1, -0.05) is 12.8 Å². The van der Waals surface area contributed by atoms with Gasteiger partial charge in [0.1, 0.15) is 6.54 Å². The number of carbonyl (C=O) groups excluding carboxylic acids is 1. The van der Waals surface area contributed by atoms with Crippen molar-refractivity contribution in [1.82, 2.24) is 4.90 Å². The average Bonchev–Trinajstić information content (AvgIpc) is 3.04. The third-order valence-electron chi connectivity index (χ3n) is 3.51. The fraction of sp³-hybridized carbons (Fsp3) is 0.467. The van der Waals surface area contributed by atoms with E-state index in [1.807, 2.05) is 19.1 Å². The molecule has 5 heteroatoms. The molecule has 0 spiro atoms. The molecule has 0 unspecified atom stereocenters. The van der Waals surface area contributed by atoms with E-state index in [-0.39, 0.29) is 18.5 Å². The normalized spacial score (nSPS) is 15.8. The molecule has 0 radical (unpaired) electrons. The van der Waals surface area contributed by atoms with Crippen LogP contribution in [0.5, 0.6) is 0 Å². The van der Waals surface area contributed by atoms with Crippen molar-refractivity contribution in [1.29, 1.82) is 0 Å². The molecular formula is C15H19NO3S. The lowest BCUT2D eigenvalue weighted by molar-refractivity contribution is -0.144. The highest BCUT2D eigenvalue weighted by Crippen LogP contribution is 2.24. The molecule has 1 aromatic rings. The van der Waals surface area contributed by atoms with Crippen LogP contribution in [0.1, 0.15) is 35.4 Å². The number of hydrogen-bond donors (Lipinski definition) is 1. The van der Waals surface area contributed by atoms with Gasteiger partial charge < -0.3 is 10.0 Å². The molecule has 1 aromatic heterocycles. The van der Waals surface area contributed by atoms with Crippen molar-refractivity contribution < 1.29 is 14.7 Å². The second-order valence-electron chi connectivity index (χ2n) is 5.08. The van der Waals surface area contributed by atoms with Crippen molar-refractivity contribution in [2.75, 3.05) is 6.54 Å². The summed E-state index contributed by atoms with van der Waals surface area (Å²) >= 11 is 1.61. The Morgan fingerprint density at radius 1 is 1.40 bits per heavy atom. The van der Waals surface area contributed by atoms with E-state index >= 15 is 0 Å². The van der Waals surface area contributed by atoms with Crippen LogP contribution in [0.25, 0.3) is 6.08 Å². The summed E-state index contributed by atoms with van der Waals surface area (Å²) in [6.45, 7) is 1.80. The van der Waals surface area contributed by atoms with Gasteiger partial charge in [-0.25, -0.2) is 0 Å². The fourth-order valence-corrected chi connectivity index (χ4v) is 3.32. The monoisotopic (exact) mass is 293 g/mol. The number of amides is 1. The van der Waals surface area contributed by atoms with Gasteiger partial charge in [-0.2, -0.15) is 0 Å². The Morgan fingerprint density at radius 2 is 2.10 bits per heavy atom. The van der Waals surface area contributed by atoms with Crippen molar-refractivity contribution in [2.24, 2.45) is 0 Å². The van der Waals surface area contributed by atoms with Crippen molar-refractivity contribution in [3.8, 4) is 0 Å². The molecule has 108 valence electrons. The van der Waals surface area contributed by atoms with Gasteiger partial charge in [0.25, 0.3) is 0 Å². The average molecular weight is 293 g/mol. The molecule has 0 atom stereocenters. The van der Waals surface area contributed by atoms with E-state index in [0.717, 1.165) is 30.6 Å². The summed E-state index contributed by atoms with van der Waals surface area (Å²) in [5, 5.41) is 8.97. The summed E-state index contributed by atoms with van der Waals surface area (Å²) in [4.78, 5) is 26.9. The maximum Gasteiger partial charge on any atom is 0.323 e. The van der Waals surface area contributed by atoms with Crippen molar-refractivity contribution in [2.45, 2.75) is 38.6 Å². The van der Waals surface area contributed by atoms with Gasteiger partial charge in [-0.15, -0.1) is 11.3 Å². The van der Waals surface area contributed by atoms with Crippen LogP contribution in [0.2, 0.25) is 0 Å². The quantitative estimate of drug-likeness (QED) is 0.849. The Labute approximate surface area is 122 Å². The highest BCUT2D eigenvalue weighted by atomic mass is 32.1. The van der Waals surface area contributed by atoms with E-state index in [1.165, 1.54) is 15.9 Å². The molecular weight excluding hydrogens is 274 g/mol. The number of aliphatic carboxylic acids is 1. The van der Waals surface area contributed by atoms with E-state index in [4.69, 9.17) is 5.11 Å². The summed E-state index contributed by atoms with van der Waals surface area (Å²) in [7, 11) is 0. The molecule has 1 N–H and O–H groups in total. The number of aryl methyl sites for hydroxylation is 1. The molecule has 2 rings (SSSR count). The Kier molecular flexibility index (Phi) is 4.95. The van der Waals surface area contributed by atoms with Crippen LogP contribution in [0.15, 0.2) is 18.2 Å². The molecule has 1 aliphatic rings. The van der Waals surface area contributed by atoms with Crippen LogP contribution in [-0.4, -0.2) is 34.5 Å². The van der Waals surface area contributed by atoms with Gasteiger partial charge in [0.05, 0.1) is 0 Å². The maximum absolute atomic E-state index is 12.2. The first-order valence-electron chi connectivity index (χ1n) is 6.83. The number of nitrogens with zero attached hydrogens (tertiary/aromatic N) is 1. The minimum Gasteiger partial charge on any atom is -0.480 e. The molecule has 1 aliphatic carbocycles. The van der Waals surface area contributed by atoms with Crippen molar-refractivity contribution >= 4 is 29.3 Å². The first kappa shape index (κ1) is 14.8. The maximum atomic E-state index is 12.2. The highest BCUT2D eigenvalue weighted by Gasteiger charge is 2.26. The minimum absolute atomic E-state index is 0.0771. The van der Waals surface area contributed by atoms with Crippen LogP contribution >= 0.6 is 11.3 Å². The predicted octanol–water partition coefficient (Wildman–Crippen LogP) is 2.93. The zero-order valence-electron chi connectivity index (χ0n) is 11.5. The summed E-state index contributed by atoms with van der Waals surface area (Å²) in [6, 6.07) is 4.04. The molecule has 4 nitrogen and oxygen atoms in total. The Bertz CT molecular complexity index is 515. The van der Waals surface area contributed by atoms with Crippen molar-refractivity contribution in [3.05, 3.63) is 28.0 Å². The third kappa shape index (κ3) is 3.93. The lowest BCUT2D eigenvalue weighted by Gasteiger charge is -2.26. The van der Waals surface area contributed by atoms with Gasteiger partial charge in [0, 0.05) is 21.9 Å². The molecule has 20 heavy (non-hydrogen) atoms. The number of carbonyl (C=O) groups is 2. The SMILES string of the molecule is Cc1ccc(/C=C/C(=O)N(CC(=O)O)C2CCCC2)s1. The zero-order chi connectivity index (χ0) is 14.5. The molecule has 1 heterocycles. The van der Waals surface area contributed by atoms with Gasteiger partial charge in [0.15, 0.2) is 0 Å². The largest absolute Gasteiger partial charge is 0.480 e. The summed E-state index contributed by atoms with van der Waals surface area (Å²) in [6.07, 6.45) is 7.22. The number of carboxylic acid groups (broad SMARTS) is 1.